The van der Waals surface area contributed by atoms with Crippen molar-refractivity contribution >= 4 is 38.1 Å². The van der Waals surface area contributed by atoms with Crippen molar-refractivity contribution in [3.8, 4) is 0 Å². The molecule has 3 aromatic rings. The molecular formula is C25H27N3O5S. The maximum absolute atomic E-state index is 13.5. The number of benzene rings is 3. The molecule has 1 aliphatic rings. The first kappa shape index (κ1) is 23.8. The zero-order chi connectivity index (χ0) is 24.5. The summed E-state index contributed by atoms with van der Waals surface area (Å²) >= 11 is 0. The van der Waals surface area contributed by atoms with Crippen LogP contribution in [0, 0.1) is 23.0 Å². The number of non-ortho nitro benzene ring substituents is 1. The lowest BCUT2D eigenvalue weighted by atomic mass is 9.95. The molecule has 8 nitrogen and oxygen atoms in total. The number of anilines is 1. The predicted molar refractivity (Wildman–Crippen MR) is 131 cm³/mol. The van der Waals surface area contributed by atoms with E-state index in [1.807, 2.05) is 49.4 Å². The van der Waals surface area contributed by atoms with E-state index in [0.717, 1.165) is 22.5 Å². The lowest BCUT2D eigenvalue weighted by Gasteiger charge is -2.34. The molecule has 0 N–H and O–H groups in total. The number of carbonyl (C=O) groups is 1. The lowest BCUT2D eigenvalue weighted by Crippen LogP contribution is -2.44. The fraction of sp³-hybridized carbons (Fsp3) is 0.320. The van der Waals surface area contributed by atoms with Gasteiger partial charge in [0.15, 0.2) is 0 Å². The van der Waals surface area contributed by atoms with E-state index in [-0.39, 0.29) is 35.5 Å². The maximum atomic E-state index is 13.5. The van der Waals surface area contributed by atoms with Gasteiger partial charge in [-0.1, -0.05) is 42.5 Å². The summed E-state index contributed by atoms with van der Waals surface area (Å²) in [6.07, 6.45) is 0.792. The molecule has 1 heterocycles. The quantitative estimate of drug-likeness (QED) is 0.381. The van der Waals surface area contributed by atoms with Crippen LogP contribution in [-0.2, 0) is 14.8 Å². The van der Waals surface area contributed by atoms with E-state index < -0.39 is 14.9 Å². The Hall–Kier alpha value is -3.30. The number of hydrogen-bond acceptors (Lipinski definition) is 5. The van der Waals surface area contributed by atoms with Crippen molar-refractivity contribution in [2.24, 2.45) is 5.92 Å². The number of rotatable bonds is 6. The summed E-state index contributed by atoms with van der Waals surface area (Å²) in [5.41, 5.74) is 1.05. The molecule has 0 radical (unpaired) electrons. The molecule has 1 amide bonds. The number of sulfonamides is 1. The van der Waals surface area contributed by atoms with Crippen molar-refractivity contribution in [3.05, 3.63) is 76.3 Å². The average Bonchev–Trinajstić information content (AvgIpc) is 2.84. The third-order valence-electron chi connectivity index (χ3n) is 6.44. The summed E-state index contributed by atoms with van der Waals surface area (Å²) in [4.78, 5) is 25.7. The second kappa shape index (κ2) is 9.52. The van der Waals surface area contributed by atoms with E-state index in [1.54, 1.807) is 11.8 Å². The molecule has 1 saturated heterocycles. The predicted octanol–water partition coefficient (Wildman–Crippen LogP) is 4.51. The van der Waals surface area contributed by atoms with Crippen molar-refractivity contribution in [3.63, 3.8) is 0 Å². The number of piperidine rings is 1. The van der Waals surface area contributed by atoms with Crippen LogP contribution in [0.5, 0.6) is 0 Å². The normalized spacial score (nSPS) is 15.4. The minimum Gasteiger partial charge on any atom is -0.312 e. The van der Waals surface area contributed by atoms with Gasteiger partial charge >= 0.3 is 0 Å². The number of nitro groups is 1. The van der Waals surface area contributed by atoms with Gasteiger partial charge in [-0.25, -0.2) is 8.42 Å². The molecule has 3 aromatic carbocycles. The minimum atomic E-state index is -3.90. The van der Waals surface area contributed by atoms with Gasteiger partial charge in [0, 0.05) is 43.1 Å². The molecule has 0 aliphatic carbocycles. The van der Waals surface area contributed by atoms with Gasteiger partial charge in [-0.3, -0.25) is 14.9 Å². The van der Waals surface area contributed by atoms with Gasteiger partial charge in [0.1, 0.15) is 0 Å². The number of nitrogens with zero attached hydrogens (tertiary/aromatic N) is 3. The molecule has 34 heavy (non-hydrogen) atoms. The molecule has 1 aliphatic heterocycles. The number of amides is 1. The molecule has 1 fully saturated rings. The Morgan fingerprint density at radius 3 is 2.44 bits per heavy atom. The van der Waals surface area contributed by atoms with Gasteiger partial charge in [0.25, 0.3) is 5.69 Å². The van der Waals surface area contributed by atoms with E-state index in [1.165, 1.54) is 16.4 Å². The molecule has 0 unspecified atom stereocenters. The summed E-state index contributed by atoms with van der Waals surface area (Å²) in [6, 6.07) is 17.7. The van der Waals surface area contributed by atoms with Crippen LogP contribution < -0.4 is 4.90 Å². The second-order valence-electron chi connectivity index (χ2n) is 8.47. The highest BCUT2D eigenvalue weighted by Crippen LogP contribution is 2.32. The molecule has 0 aromatic heterocycles. The standard InChI is InChI=1S/C25H27N3O5S/c1-3-27(23-10-6-8-19-7-4-5-9-22(19)23)25(29)20-13-15-26(16-14-20)34(32,33)24-17-21(28(30)31)12-11-18(24)2/h4-12,17,20H,3,13-16H2,1-2H3. The number of carbonyl (C=O) groups excluding carboxylic acids is 1. The SMILES string of the molecule is CCN(C(=O)C1CCN(S(=O)(=O)c2cc([N+](=O)[O-])ccc2C)CC1)c1cccc2ccccc12. The maximum Gasteiger partial charge on any atom is 0.270 e. The molecule has 4 rings (SSSR count). The van der Waals surface area contributed by atoms with E-state index in [2.05, 4.69) is 0 Å². The summed E-state index contributed by atoms with van der Waals surface area (Å²) < 4.78 is 27.8. The molecule has 178 valence electrons. The van der Waals surface area contributed by atoms with Crippen LogP contribution in [0.25, 0.3) is 10.8 Å². The lowest BCUT2D eigenvalue weighted by molar-refractivity contribution is -0.385. The van der Waals surface area contributed by atoms with Crippen molar-refractivity contribution in [1.82, 2.24) is 4.31 Å². The van der Waals surface area contributed by atoms with Gasteiger partial charge in [-0.2, -0.15) is 4.31 Å². The third kappa shape index (κ3) is 4.41. The first-order valence-electron chi connectivity index (χ1n) is 11.3. The fourth-order valence-electron chi connectivity index (χ4n) is 4.57. The van der Waals surface area contributed by atoms with Gasteiger partial charge < -0.3 is 4.90 Å². The average molecular weight is 482 g/mol. The van der Waals surface area contributed by atoms with Crippen molar-refractivity contribution in [2.75, 3.05) is 24.5 Å². The van der Waals surface area contributed by atoms with Crippen molar-refractivity contribution in [2.45, 2.75) is 31.6 Å². The van der Waals surface area contributed by atoms with Crippen LogP contribution in [0.2, 0.25) is 0 Å². The van der Waals surface area contributed by atoms with Gasteiger partial charge in [-0.15, -0.1) is 0 Å². The molecular weight excluding hydrogens is 454 g/mol. The molecule has 0 bridgehead atoms. The van der Waals surface area contributed by atoms with Crippen LogP contribution in [-0.4, -0.2) is 43.2 Å². The summed E-state index contributed by atoms with van der Waals surface area (Å²) in [7, 11) is -3.90. The summed E-state index contributed by atoms with van der Waals surface area (Å²) in [5, 5.41) is 13.2. The van der Waals surface area contributed by atoms with E-state index in [4.69, 9.17) is 0 Å². The Bertz CT molecular complexity index is 1340. The monoisotopic (exact) mass is 481 g/mol. The molecule has 0 saturated carbocycles. The van der Waals surface area contributed by atoms with Gasteiger partial charge in [0.2, 0.25) is 15.9 Å². The Kier molecular flexibility index (Phi) is 6.67. The topological polar surface area (TPSA) is 101 Å². The summed E-state index contributed by atoms with van der Waals surface area (Å²) in [5.74, 6) is -0.306. The Morgan fingerprint density at radius 2 is 1.76 bits per heavy atom. The van der Waals surface area contributed by atoms with Crippen LogP contribution >= 0.6 is 0 Å². The highest BCUT2D eigenvalue weighted by atomic mass is 32.2. The Labute approximate surface area is 199 Å². The number of hydrogen-bond donors (Lipinski definition) is 0. The summed E-state index contributed by atoms with van der Waals surface area (Å²) in [6.45, 7) is 4.45. The van der Waals surface area contributed by atoms with Gasteiger partial charge in [-0.05, 0) is 43.7 Å². The van der Waals surface area contributed by atoms with Crippen LogP contribution in [0.4, 0.5) is 11.4 Å². The van der Waals surface area contributed by atoms with E-state index in [9.17, 15) is 23.3 Å². The van der Waals surface area contributed by atoms with E-state index >= 15 is 0 Å². The van der Waals surface area contributed by atoms with Crippen molar-refractivity contribution < 1.29 is 18.1 Å². The largest absolute Gasteiger partial charge is 0.312 e. The van der Waals surface area contributed by atoms with Crippen LogP contribution in [0.15, 0.2) is 65.6 Å². The number of nitro benzene ring substituents is 1. The Balaban J connectivity index is 1.52. The van der Waals surface area contributed by atoms with Gasteiger partial charge in [0.05, 0.1) is 15.5 Å². The van der Waals surface area contributed by atoms with Crippen LogP contribution in [0.1, 0.15) is 25.3 Å². The first-order valence-corrected chi connectivity index (χ1v) is 12.7. The highest BCUT2D eigenvalue weighted by molar-refractivity contribution is 7.89. The first-order chi connectivity index (χ1) is 16.2. The fourth-order valence-corrected chi connectivity index (χ4v) is 6.29. The number of aryl methyl sites for hydroxylation is 1. The Morgan fingerprint density at radius 1 is 1.09 bits per heavy atom. The zero-order valence-corrected chi connectivity index (χ0v) is 20.0. The third-order valence-corrected chi connectivity index (χ3v) is 8.48. The minimum absolute atomic E-state index is 0.0116. The van der Waals surface area contributed by atoms with E-state index in [0.29, 0.717) is 24.9 Å². The number of fused-ring (bicyclic) bond motifs is 1. The molecule has 0 spiro atoms. The molecule has 9 heteroatoms. The van der Waals surface area contributed by atoms with Crippen molar-refractivity contribution in [1.29, 1.82) is 0 Å². The molecule has 0 atom stereocenters. The van der Waals surface area contributed by atoms with Crippen LogP contribution in [0.3, 0.4) is 0 Å². The smallest absolute Gasteiger partial charge is 0.270 e. The highest BCUT2D eigenvalue weighted by Gasteiger charge is 2.35. The zero-order valence-electron chi connectivity index (χ0n) is 19.2. The second-order valence-corrected chi connectivity index (χ2v) is 10.4.